The first-order chi connectivity index (χ1) is 13.0. The maximum Gasteiger partial charge on any atom is 0.251 e. The number of nitrogens with one attached hydrogen (secondary N) is 1. The Labute approximate surface area is 155 Å². The molecule has 1 aliphatic heterocycles. The fourth-order valence-electron chi connectivity index (χ4n) is 2.93. The Morgan fingerprint density at radius 2 is 1.93 bits per heavy atom. The molecule has 0 saturated carbocycles. The van der Waals surface area contributed by atoms with Crippen molar-refractivity contribution in [2.24, 2.45) is 0 Å². The van der Waals surface area contributed by atoms with Crippen LogP contribution < -0.4 is 5.32 Å². The van der Waals surface area contributed by atoms with Crippen LogP contribution in [0.2, 0.25) is 0 Å². The maximum atomic E-state index is 13.4. The minimum atomic E-state index is -0.695. The van der Waals surface area contributed by atoms with Crippen molar-refractivity contribution < 1.29 is 14.0 Å². The molecule has 7 heteroatoms. The first-order valence-electron chi connectivity index (χ1n) is 8.30. The van der Waals surface area contributed by atoms with Crippen LogP contribution >= 0.6 is 0 Å². The highest BCUT2D eigenvalue weighted by Gasteiger charge is 2.32. The number of hydrogen-bond donors (Lipinski definition) is 1. The van der Waals surface area contributed by atoms with Crippen LogP contribution in [-0.2, 0) is 11.3 Å². The van der Waals surface area contributed by atoms with E-state index in [4.69, 9.17) is 10.5 Å². The fraction of sp³-hybridized carbons (Fsp3) is 0.200. The average Bonchev–Trinajstić information content (AvgIpc) is 3.02. The number of halogens is 1. The molecule has 1 heterocycles. The zero-order valence-electron chi connectivity index (χ0n) is 14.3. The van der Waals surface area contributed by atoms with Crippen molar-refractivity contribution in [3.63, 3.8) is 0 Å². The first-order valence-corrected chi connectivity index (χ1v) is 8.30. The number of benzene rings is 2. The van der Waals surface area contributed by atoms with Crippen LogP contribution in [0.1, 0.15) is 33.5 Å². The molecule has 2 aromatic carbocycles. The molecule has 134 valence electrons. The lowest BCUT2D eigenvalue weighted by atomic mass is 10.1. The first kappa shape index (κ1) is 18.1. The fourth-order valence-corrected chi connectivity index (χ4v) is 2.93. The Morgan fingerprint density at radius 1 is 1.19 bits per heavy atom. The summed E-state index contributed by atoms with van der Waals surface area (Å²) in [6, 6.07) is 13.5. The van der Waals surface area contributed by atoms with Crippen molar-refractivity contribution in [1.82, 2.24) is 10.2 Å². The Morgan fingerprint density at radius 3 is 2.59 bits per heavy atom. The van der Waals surface area contributed by atoms with Gasteiger partial charge in [0.2, 0.25) is 5.91 Å². The molecule has 1 N–H and O–H groups in total. The second kappa shape index (κ2) is 7.67. The van der Waals surface area contributed by atoms with Crippen LogP contribution in [-0.4, -0.2) is 29.3 Å². The summed E-state index contributed by atoms with van der Waals surface area (Å²) in [6.07, 6.45) is 0.465. The van der Waals surface area contributed by atoms with Crippen molar-refractivity contribution in [2.45, 2.75) is 19.0 Å². The van der Waals surface area contributed by atoms with Crippen LogP contribution in [0.15, 0.2) is 42.5 Å². The highest BCUT2D eigenvalue weighted by atomic mass is 19.1. The lowest BCUT2D eigenvalue weighted by molar-refractivity contribution is -0.129. The molecule has 1 atom stereocenters. The van der Waals surface area contributed by atoms with E-state index in [1.807, 2.05) is 6.07 Å². The van der Waals surface area contributed by atoms with Gasteiger partial charge >= 0.3 is 0 Å². The van der Waals surface area contributed by atoms with E-state index >= 15 is 0 Å². The van der Waals surface area contributed by atoms with Crippen LogP contribution in [0.5, 0.6) is 0 Å². The molecule has 0 spiro atoms. The quantitative estimate of drug-likeness (QED) is 0.901. The van der Waals surface area contributed by atoms with Gasteiger partial charge in [-0.2, -0.15) is 10.5 Å². The summed E-state index contributed by atoms with van der Waals surface area (Å²) in [5, 5.41) is 20.3. The summed E-state index contributed by atoms with van der Waals surface area (Å²) < 4.78 is 13.4. The molecule has 6 nitrogen and oxygen atoms in total. The Kier molecular flexibility index (Phi) is 5.14. The standard InChI is InChI=1S/C20H15FN4O2/c21-17-6-5-15(9-16(17)11-23)19(26)24-18-7-8-25(20(18)27)12-14-3-1-13(10-22)2-4-14/h1-6,9,18H,7-8,12H2,(H,24,26)/t18-/m0/s1. The molecule has 0 radical (unpaired) electrons. The normalized spacial score (nSPS) is 15.9. The van der Waals surface area contributed by atoms with Gasteiger partial charge < -0.3 is 10.2 Å². The predicted molar refractivity (Wildman–Crippen MR) is 93.6 cm³/mol. The largest absolute Gasteiger partial charge is 0.340 e. The van der Waals surface area contributed by atoms with E-state index in [-0.39, 0.29) is 17.0 Å². The SMILES string of the molecule is N#Cc1ccc(CN2CC[C@H](NC(=O)c3ccc(F)c(C#N)c3)C2=O)cc1. The smallest absolute Gasteiger partial charge is 0.251 e. The average molecular weight is 362 g/mol. The Balaban J connectivity index is 1.63. The van der Waals surface area contributed by atoms with Gasteiger partial charge in [-0.3, -0.25) is 9.59 Å². The van der Waals surface area contributed by atoms with Crippen LogP contribution in [0, 0.1) is 28.5 Å². The molecule has 1 fully saturated rings. The molecule has 1 saturated heterocycles. The number of nitriles is 2. The summed E-state index contributed by atoms with van der Waals surface area (Å²) >= 11 is 0. The zero-order chi connectivity index (χ0) is 19.4. The van der Waals surface area contributed by atoms with Crippen molar-refractivity contribution in [1.29, 1.82) is 10.5 Å². The number of amides is 2. The number of likely N-dealkylation sites (tertiary alicyclic amines) is 1. The third-order valence-electron chi connectivity index (χ3n) is 4.41. The molecular weight excluding hydrogens is 347 g/mol. The van der Waals surface area contributed by atoms with Crippen molar-refractivity contribution in [3.8, 4) is 12.1 Å². The summed E-state index contributed by atoms with van der Waals surface area (Å²) in [4.78, 5) is 26.5. The number of nitrogens with zero attached hydrogens (tertiary/aromatic N) is 3. The molecule has 2 amide bonds. The summed E-state index contributed by atoms with van der Waals surface area (Å²) in [5.74, 6) is -1.42. The van der Waals surface area contributed by atoms with Crippen LogP contribution in [0.25, 0.3) is 0 Å². The van der Waals surface area contributed by atoms with E-state index in [9.17, 15) is 14.0 Å². The highest BCUT2D eigenvalue weighted by Crippen LogP contribution is 2.17. The summed E-state index contributed by atoms with van der Waals surface area (Å²) in [6.45, 7) is 0.892. The van der Waals surface area contributed by atoms with Gasteiger partial charge in [0, 0.05) is 18.7 Å². The zero-order valence-corrected chi connectivity index (χ0v) is 14.3. The van der Waals surface area contributed by atoms with Gasteiger partial charge in [0.15, 0.2) is 0 Å². The lowest BCUT2D eigenvalue weighted by Crippen LogP contribution is -2.41. The minimum Gasteiger partial charge on any atom is -0.340 e. The van der Waals surface area contributed by atoms with Gasteiger partial charge in [-0.1, -0.05) is 12.1 Å². The molecule has 2 aromatic rings. The predicted octanol–water partition coefficient (Wildman–Crippen LogP) is 2.10. The molecule has 0 unspecified atom stereocenters. The number of carbonyl (C=O) groups excluding carboxylic acids is 2. The van der Waals surface area contributed by atoms with Crippen molar-refractivity contribution in [2.75, 3.05) is 6.54 Å². The van der Waals surface area contributed by atoms with E-state index in [2.05, 4.69) is 5.32 Å². The molecule has 0 aromatic heterocycles. The second-order valence-corrected chi connectivity index (χ2v) is 6.19. The summed E-state index contributed by atoms with van der Waals surface area (Å²) in [7, 11) is 0. The van der Waals surface area contributed by atoms with Gasteiger partial charge in [-0.15, -0.1) is 0 Å². The van der Waals surface area contributed by atoms with Gasteiger partial charge in [-0.05, 0) is 42.3 Å². The van der Waals surface area contributed by atoms with Crippen molar-refractivity contribution in [3.05, 3.63) is 70.5 Å². The van der Waals surface area contributed by atoms with E-state index < -0.39 is 17.8 Å². The Hall–Kier alpha value is -3.71. The second-order valence-electron chi connectivity index (χ2n) is 6.19. The number of hydrogen-bond acceptors (Lipinski definition) is 4. The third-order valence-corrected chi connectivity index (χ3v) is 4.41. The molecule has 3 rings (SSSR count). The number of carbonyl (C=O) groups is 2. The monoisotopic (exact) mass is 362 g/mol. The maximum absolute atomic E-state index is 13.4. The lowest BCUT2D eigenvalue weighted by Gasteiger charge is -2.17. The molecular formula is C20H15FN4O2. The molecule has 1 aliphatic rings. The van der Waals surface area contributed by atoms with E-state index in [1.165, 1.54) is 12.1 Å². The van der Waals surface area contributed by atoms with Gasteiger partial charge in [0.05, 0.1) is 17.2 Å². The molecule has 0 aliphatic carbocycles. The highest BCUT2D eigenvalue weighted by molar-refractivity contribution is 5.98. The summed E-state index contributed by atoms with van der Waals surface area (Å²) in [5.41, 5.74) is 1.35. The van der Waals surface area contributed by atoms with Crippen LogP contribution in [0.3, 0.4) is 0 Å². The number of rotatable bonds is 4. The van der Waals surface area contributed by atoms with E-state index in [0.717, 1.165) is 11.6 Å². The molecule has 0 bridgehead atoms. The molecule has 27 heavy (non-hydrogen) atoms. The van der Waals surface area contributed by atoms with Crippen molar-refractivity contribution >= 4 is 11.8 Å². The van der Waals surface area contributed by atoms with Gasteiger partial charge in [-0.25, -0.2) is 4.39 Å². The van der Waals surface area contributed by atoms with E-state index in [0.29, 0.717) is 25.1 Å². The van der Waals surface area contributed by atoms with Crippen LogP contribution in [0.4, 0.5) is 4.39 Å². The third kappa shape index (κ3) is 3.94. The minimum absolute atomic E-state index is 0.131. The Bertz CT molecular complexity index is 973. The van der Waals surface area contributed by atoms with E-state index in [1.54, 1.807) is 35.2 Å². The van der Waals surface area contributed by atoms with Gasteiger partial charge in [0.1, 0.15) is 17.9 Å². The topological polar surface area (TPSA) is 97.0 Å². The van der Waals surface area contributed by atoms with Gasteiger partial charge in [0.25, 0.3) is 5.91 Å².